The molecule has 1 atom stereocenters. The molecule has 0 saturated heterocycles. The number of benzene rings is 1. The number of phenolic OH excluding ortho intramolecular Hbond substituents is 1. The highest BCUT2D eigenvalue weighted by Gasteiger charge is 2.28. The highest BCUT2D eigenvalue weighted by molar-refractivity contribution is 5.94. The van der Waals surface area contributed by atoms with Crippen molar-refractivity contribution in [1.29, 1.82) is 0 Å². The Balaban J connectivity index is 2.91. The molecule has 0 radical (unpaired) electrons. The SMILES string of the molecule is CC(C(=O)O)c1oc2cc(O)ccc2c(=O)c1C(=O)O. The van der Waals surface area contributed by atoms with E-state index in [1.165, 1.54) is 19.1 Å². The third kappa shape index (κ3) is 2.09. The van der Waals surface area contributed by atoms with Gasteiger partial charge in [0, 0.05) is 6.07 Å². The van der Waals surface area contributed by atoms with Gasteiger partial charge in [-0.15, -0.1) is 0 Å². The van der Waals surface area contributed by atoms with Crippen molar-refractivity contribution in [1.82, 2.24) is 0 Å². The smallest absolute Gasteiger partial charge is 0.343 e. The van der Waals surface area contributed by atoms with Crippen LogP contribution in [0.4, 0.5) is 0 Å². The van der Waals surface area contributed by atoms with Gasteiger partial charge in [-0.1, -0.05) is 0 Å². The molecule has 7 nitrogen and oxygen atoms in total. The lowest BCUT2D eigenvalue weighted by atomic mass is 10.0. The molecule has 0 amide bonds. The Kier molecular flexibility index (Phi) is 3.19. The van der Waals surface area contributed by atoms with E-state index in [4.69, 9.17) is 14.6 Å². The van der Waals surface area contributed by atoms with E-state index in [1.54, 1.807) is 0 Å². The third-order valence-electron chi connectivity index (χ3n) is 2.88. The molecular formula is C13H10O7. The Morgan fingerprint density at radius 1 is 1.25 bits per heavy atom. The Morgan fingerprint density at radius 2 is 1.90 bits per heavy atom. The summed E-state index contributed by atoms with van der Waals surface area (Å²) in [5.74, 6) is -4.82. The van der Waals surface area contributed by atoms with E-state index >= 15 is 0 Å². The monoisotopic (exact) mass is 278 g/mol. The van der Waals surface area contributed by atoms with Crippen LogP contribution in [0.1, 0.15) is 29.0 Å². The second kappa shape index (κ2) is 4.69. The van der Waals surface area contributed by atoms with Crippen LogP contribution in [0.15, 0.2) is 27.4 Å². The van der Waals surface area contributed by atoms with Crippen LogP contribution < -0.4 is 5.43 Å². The topological polar surface area (TPSA) is 125 Å². The number of hydrogen-bond donors (Lipinski definition) is 3. The maximum atomic E-state index is 12.1. The fourth-order valence-corrected chi connectivity index (χ4v) is 1.82. The van der Waals surface area contributed by atoms with Crippen LogP contribution in [0.2, 0.25) is 0 Å². The van der Waals surface area contributed by atoms with Gasteiger partial charge in [-0.25, -0.2) is 4.79 Å². The van der Waals surface area contributed by atoms with Crippen LogP contribution in [0, 0.1) is 0 Å². The number of aromatic carboxylic acids is 1. The van der Waals surface area contributed by atoms with Crippen molar-refractivity contribution in [3.05, 3.63) is 39.7 Å². The summed E-state index contributed by atoms with van der Waals surface area (Å²) in [5.41, 5.74) is -1.62. The summed E-state index contributed by atoms with van der Waals surface area (Å²) in [6.45, 7) is 1.21. The molecule has 1 aromatic heterocycles. The van der Waals surface area contributed by atoms with E-state index in [9.17, 15) is 19.5 Å². The zero-order chi connectivity index (χ0) is 15.0. The summed E-state index contributed by atoms with van der Waals surface area (Å²) in [7, 11) is 0. The average Bonchev–Trinajstić information content (AvgIpc) is 2.36. The Bertz CT molecular complexity index is 772. The van der Waals surface area contributed by atoms with E-state index in [-0.39, 0.29) is 16.7 Å². The Morgan fingerprint density at radius 3 is 2.45 bits per heavy atom. The molecule has 7 heteroatoms. The number of phenols is 1. The van der Waals surface area contributed by atoms with Crippen LogP contribution in [-0.2, 0) is 4.79 Å². The second-order valence-corrected chi connectivity index (χ2v) is 4.22. The summed E-state index contributed by atoms with van der Waals surface area (Å²) >= 11 is 0. The van der Waals surface area contributed by atoms with Crippen molar-refractivity contribution in [2.75, 3.05) is 0 Å². The van der Waals surface area contributed by atoms with Crippen molar-refractivity contribution in [3.63, 3.8) is 0 Å². The molecule has 20 heavy (non-hydrogen) atoms. The summed E-state index contributed by atoms with van der Waals surface area (Å²) in [6, 6.07) is 3.56. The molecular weight excluding hydrogens is 268 g/mol. The molecule has 0 aliphatic rings. The first kappa shape index (κ1) is 13.6. The maximum absolute atomic E-state index is 12.1. The van der Waals surface area contributed by atoms with Crippen LogP contribution in [0.5, 0.6) is 5.75 Å². The molecule has 2 aromatic rings. The molecule has 0 aliphatic carbocycles. The molecule has 2 rings (SSSR count). The number of aromatic hydroxyl groups is 1. The molecule has 0 aliphatic heterocycles. The maximum Gasteiger partial charge on any atom is 0.343 e. The highest BCUT2D eigenvalue weighted by Crippen LogP contribution is 2.25. The summed E-state index contributed by atoms with van der Waals surface area (Å²) in [6.07, 6.45) is 0. The number of carbonyl (C=O) groups is 2. The summed E-state index contributed by atoms with van der Waals surface area (Å²) in [5, 5.41) is 27.3. The first-order valence-corrected chi connectivity index (χ1v) is 5.58. The minimum atomic E-state index is -1.56. The van der Waals surface area contributed by atoms with Crippen molar-refractivity contribution in [2.24, 2.45) is 0 Å². The molecule has 0 saturated carbocycles. The van der Waals surface area contributed by atoms with Gasteiger partial charge in [0.1, 0.15) is 28.6 Å². The van der Waals surface area contributed by atoms with Gasteiger partial charge in [0.15, 0.2) is 0 Å². The van der Waals surface area contributed by atoms with Gasteiger partial charge in [0.05, 0.1) is 5.39 Å². The zero-order valence-electron chi connectivity index (χ0n) is 10.3. The van der Waals surface area contributed by atoms with Crippen LogP contribution in [0.25, 0.3) is 11.0 Å². The molecule has 0 spiro atoms. The van der Waals surface area contributed by atoms with Gasteiger partial charge in [-0.3, -0.25) is 9.59 Å². The second-order valence-electron chi connectivity index (χ2n) is 4.22. The largest absolute Gasteiger partial charge is 0.508 e. The van der Waals surface area contributed by atoms with Crippen LogP contribution in [-0.4, -0.2) is 27.3 Å². The lowest BCUT2D eigenvalue weighted by molar-refractivity contribution is -0.138. The van der Waals surface area contributed by atoms with Gasteiger partial charge >= 0.3 is 11.9 Å². The first-order valence-electron chi connectivity index (χ1n) is 5.58. The third-order valence-corrected chi connectivity index (χ3v) is 2.88. The molecule has 104 valence electrons. The number of hydrogen-bond acceptors (Lipinski definition) is 5. The number of aliphatic carboxylic acids is 1. The first-order chi connectivity index (χ1) is 9.32. The van der Waals surface area contributed by atoms with E-state index in [0.717, 1.165) is 6.07 Å². The van der Waals surface area contributed by atoms with E-state index < -0.39 is 34.6 Å². The van der Waals surface area contributed by atoms with E-state index in [0.29, 0.717) is 0 Å². The number of fused-ring (bicyclic) bond motifs is 1. The highest BCUT2D eigenvalue weighted by atomic mass is 16.4. The predicted molar refractivity (Wildman–Crippen MR) is 67.2 cm³/mol. The van der Waals surface area contributed by atoms with Gasteiger partial charge in [-0.2, -0.15) is 0 Å². The molecule has 1 unspecified atom stereocenters. The van der Waals surface area contributed by atoms with Crippen molar-refractivity contribution >= 4 is 22.9 Å². The summed E-state index contributed by atoms with van der Waals surface area (Å²) < 4.78 is 5.22. The molecule has 1 heterocycles. The van der Waals surface area contributed by atoms with E-state index in [2.05, 4.69) is 0 Å². The normalized spacial score (nSPS) is 12.2. The Hall–Kier alpha value is -2.83. The van der Waals surface area contributed by atoms with Gasteiger partial charge < -0.3 is 19.7 Å². The number of carboxylic acids is 2. The van der Waals surface area contributed by atoms with Crippen molar-refractivity contribution in [2.45, 2.75) is 12.8 Å². The minimum absolute atomic E-state index is 0.0402. The molecule has 3 N–H and O–H groups in total. The molecule has 0 fully saturated rings. The van der Waals surface area contributed by atoms with Crippen LogP contribution in [0.3, 0.4) is 0 Å². The van der Waals surface area contributed by atoms with Gasteiger partial charge in [0.25, 0.3) is 0 Å². The van der Waals surface area contributed by atoms with Crippen molar-refractivity contribution < 1.29 is 29.3 Å². The van der Waals surface area contributed by atoms with Gasteiger partial charge in [-0.05, 0) is 19.1 Å². The minimum Gasteiger partial charge on any atom is -0.508 e. The average molecular weight is 278 g/mol. The number of rotatable bonds is 3. The molecule has 1 aromatic carbocycles. The lowest BCUT2D eigenvalue weighted by Crippen LogP contribution is -2.21. The zero-order valence-corrected chi connectivity index (χ0v) is 10.3. The standard InChI is InChI=1S/C13H10O7/c1-5(12(16)17)11-9(13(18)19)10(15)7-3-2-6(14)4-8(7)20-11/h2-5,14H,1H3,(H,16,17)(H,18,19). The predicted octanol–water partition coefficient (Wildman–Crippen LogP) is 1.38. The lowest BCUT2D eigenvalue weighted by Gasteiger charge is -2.10. The molecule has 0 bridgehead atoms. The van der Waals surface area contributed by atoms with Gasteiger partial charge in [0.2, 0.25) is 5.43 Å². The summed E-state index contributed by atoms with van der Waals surface area (Å²) in [4.78, 5) is 34.3. The van der Waals surface area contributed by atoms with Crippen molar-refractivity contribution in [3.8, 4) is 5.75 Å². The fourth-order valence-electron chi connectivity index (χ4n) is 1.82. The quantitative estimate of drug-likeness (QED) is 0.774. The van der Waals surface area contributed by atoms with Crippen LogP contribution >= 0.6 is 0 Å². The van der Waals surface area contributed by atoms with E-state index in [1.807, 2.05) is 0 Å². The Labute approximate surface area is 111 Å². The number of carboxylic acid groups (broad SMARTS) is 2. The fraction of sp³-hybridized carbons (Fsp3) is 0.154.